The van der Waals surface area contributed by atoms with Crippen molar-refractivity contribution in [2.24, 2.45) is 0 Å². The van der Waals surface area contributed by atoms with Crippen molar-refractivity contribution in [1.82, 2.24) is 15.1 Å². The molecule has 0 bridgehead atoms. The first-order chi connectivity index (χ1) is 17.3. The average Bonchev–Trinajstić information content (AvgIpc) is 2.79. The van der Waals surface area contributed by atoms with E-state index >= 15 is 0 Å². The van der Waals surface area contributed by atoms with Crippen LogP contribution in [0.15, 0.2) is 0 Å². The van der Waals surface area contributed by atoms with Crippen LogP contribution in [0.2, 0.25) is 0 Å². The van der Waals surface area contributed by atoms with Gasteiger partial charge in [-0.3, -0.25) is 14.6 Å². The van der Waals surface area contributed by atoms with Gasteiger partial charge in [-0.15, -0.1) is 0 Å². The van der Waals surface area contributed by atoms with Gasteiger partial charge in [-0.05, 0) is 27.7 Å². The Kier molecular flexibility index (Phi) is 13.1. The van der Waals surface area contributed by atoms with Crippen LogP contribution in [0.3, 0.4) is 0 Å². The molecule has 0 unspecified atom stereocenters. The van der Waals surface area contributed by atoms with Crippen LogP contribution in [-0.4, -0.2) is 147 Å². The lowest BCUT2D eigenvalue weighted by molar-refractivity contribution is -0.269. The van der Waals surface area contributed by atoms with Gasteiger partial charge in [0, 0.05) is 39.3 Å². The van der Waals surface area contributed by atoms with Crippen LogP contribution >= 0.6 is 0 Å². The van der Waals surface area contributed by atoms with Gasteiger partial charge < -0.3 is 34.5 Å². The number of nitrogens with zero attached hydrogens (tertiary/aromatic N) is 2. The number of aliphatic hydroxyl groups is 2. The summed E-state index contributed by atoms with van der Waals surface area (Å²) < 4.78 is 57.2. The number of hydrogen-bond donors (Lipinski definition) is 3. The van der Waals surface area contributed by atoms with E-state index in [1.807, 2.05) is 13.8 Å². The van der Waals surface area contributed by atoms with E-state index in [9.17, 15) is 18.0 Å². The van der Waals surface area contributed by atoms with Gasteiger partial charge in [0.15, 0.2) is 17.4 Å². The summed E-state index contributed by atoms with van der Waals surface area (Å²) in [6.45, 7) is 11.8. The van der Waals surface area contributed by atoms with Gasteiger partial charge in [0.25, 0.3) is 0 Å². The third kappa shape index (κ3) is 11.8. The van der Waals surface area contributed by atoms with Crippen LogP contribution in [0.5, 0.6) is 0 Å². The number of ether oxygens (including phenoxy) is 4. The molecule has 5 aliphatic heterocycles. The molecule has 3 N–H and O–H groups in total. The molecule has 0 spiro atoms. The van der Waals surface area contributed by atoms with E-state index in [2.05, 4.69) is 10.2 Å². The molecule has 0 aromatic carbocycles. The van der Waals surface area contributed by atoms with Gasteiger partial charge in [0.1, 0.15) is 31.7 Å². The third-order valence-corrected chi connectivity index (χ3v) is 6.32. The SMILES string of the molecule is CC1(C)OCC(=O)CO1.CC1(C)OCC(N2CC(F)C2)CO1.FC1CNC1.OCC(CO)N1CC(F)C1. The molecule has 0 saturated carbocycles. The lowest BCUT2D eigenvalue weighted by atomic mass is 10.1. The summed E-state index contributed by atoms with van der Waals surface area (Å²) >= 11 is 0. The third-order valence-electron chi connectivity index (χ3n) is 6.32. The number of carbonyl (C=O) groups excluding carboxylic acids is 1. The predicted molar refractivity (Wildman–Crippen MR) is 129 cm³/mol. The van der Waals surface area contributed by atoms with E-state index in [1.54, 1.807) is 18.7 Å². The van der Waals surface area contributed by atoms with Crippen molar-refractivity contribution < 1.29 is 47.1 Å². The van der Waals surface area contributed by atoms with Crippen molar-refractivity contribution in [2.45, 2.75) is 69.9 Å². The highest BCUT2D eigenvalue weighted by molar-refractivity contribution is 5.81. The molecule has 5 aliphatic rings. The molecule has 0 amide bonds. The molecule has 218 valence electrons. The highest BCUT2D eigenvalue weighted by Gasteiger charge is 2.37. The zero-order chi connectivity index (χ0) is 27.6. The summed E-state index contributed by atoms with van der Waals surface area (Å²) in [6, 6.07) is -0.00738. The summed E-state index contributed by atoms with van der Waals surface area (Å²) in [6.07, 6.45) is -1.95. The summed E-state index contributed by atoms with van der Waals surface area (Å²) in [5.41, 5.74) is 0. The fraction of sp³-hybridized carbons (Fsp3) is 0.958. The number of aliphatic hydroxyl groups excluding tert-OH is 2. The van der Waals surface area contributed by atoms with Crippen molar-refractivity contribution in [3.63, 3.8) is 0 Å². The molecule has 5 rings (SSSR count). The monoisotopic (exact) mass is 543 g/mol. The fourth-order valence-electron chi connectivity index (χ4n) is 3.54. The van der Waals surface area contributed by atoms with Crippen molar-refractivity contribution >= 4 is 5.78 Å². The first-order valence-electron chi connectivity index (χ1n) is 12.7. The van der Waals surface area contributed by atoms with Crippen LogP contribution in [-0.2, 0) is 23.7 Å². The Labute approximate surface area is 217 Å². The summed E-state index contributed by atoms with van der Waals surface area (Å²) in [5.74, 6) is -1.01. The van der Waals surface area contributed by atoms with E-state index in [0.717, 1.165) is 0 Å². The van der Waals surface area contributed by atoms with Gasteiger partial charge in [0.05, 0.1) is 38.5 Å². The van der Waals surface area contributed by atoms with Gasteiger partial charge in [-0.1, -0.05) is 0 Å². The average molecular weight is 544 g/mol. The number of Topliss-reactive ketones (excluding diaryl/α,β-unsaturated/α-hetero) is 1. The molecule has 0 aromatic heterocycles. The second kappa shape index (κ2) is 15.0. The molecule has 0 atom stereocenters. The molecular weight excluding hydrogens is 499 g/mol. The Hall–Kier alpha value is -0.900. The summed E-state index contributed by atoms with van der Waals surface area (Å²) in [4.78, 5) is 14.3. The highest BCUT2D eigenvalue weighted by Crippen LogP contribution is 2.23. The number of rotatable bonds is 4. The smallest absolute Gasteiger partial charge is 0.184 e. The maximum atomic E-state index is 12.6. The normalized spacial score (nSPS) is 26.8. The molecule has 0 aromatic rings. The summed E-state index contributed by atoms with van der Waals surface area (Å²) in [5, 5.41) is 20.0. The summed E-state index contributed by atoms with van der Waals surface area (Å²) in [7, 11) is 0. The Morgan fingerprint density at radius 3 is 1.59 bits per heavy atom. The van der Waals surface area contributed by atoms with Crippen LogP contribution in [0.1, 0.15) is 27.7 Å². The van der Waals surface area contributed by atoms with Crippen LogP contribution < -0.4 is 5.32 Å². The quantitative estimate of drug-likeness (QED) is 0.450. The minimum atomic E-state index is -0.763. The maximum Gasteiger partial charge on any atom is 0.184 e. The Morgan fingerprint density at radius 2 is 1.27 bits per heavy atom. The molecule has 13 heteroatoms. The minimum Gasteiger partial charge on any atom is -0.395 e. The molecular formula is C24H44F3N3O7. The van der Waals surface area contributed by atoms with Crippen LogP contribution in [0.4, 0.5) is 13.2 Å². The fourth-order valence-corrected chi connectivity index (χ4v) is 3.54. The van der Waals surface area contributed by atoms with E-state index in [1.165, 1.54) is 0 Å². The molecule has 0 aliphatic carbocycles. The van der Waals surface area contributed by atoms with E-state index in [4.69, 9.17) is 29.2 Å². The number of hydrogen-bond acceptors (Lipinski definition) is 10. The first-order valence-corrected chi connectivity index (χ1v) is 12.7. The Morgan fingerprint density at radius 1 is 0.838 bits per heavy atom. The molecule has 10 nitrogen and oxygen atoms in total. The van der Waals surface area contributed by atoms with Crippen molar-refractivity contribution in [2.75, 3.05) is 78.9 Å². The number of alkyl halides is 3. The number of halogens is 3. The zero-order valence-electron chi connectivity index (χ0n) is 22.3. The zero-order valence-corrected chi connectivity index (χ0v) is 22.3. The molecule has 0 radical (unpaired) electrons. The van der Waals surface area contributed by atoms with Crippen molar-refractivity contribution in [3.8, 4) is 0 Å². The standard InChI is InChI=1S/C9H16FNO2.C6H12FNO2.C6H10O3.C3H6FN/c1-9(2)12-5-8(6-13-9)11-3-7(10)4-11;7-5-1-8(2-5)6(3-9)4-10;1-6(2)8-3-5(7)4-9-6;4-3-1-5-2-3/h7-8H,3-6H2,1-2H3;5-6,9-10H,1-4H2;3-4H2,1-2H3;3,5H,1-2H2. The number of ketones is 1. The number of nitrogens with one attached hydrogen (secondary N) is 1. The molecule has 5 heterocycles. The second-order valence-electron chi connectivity index (χ2n) is 10.6. The minimum absolute atomic E-state index is 0.00863. The second-order valence-corrected chi connectivity index (χ2v) is 10.6. The number of carbonyl (C=O) groups is 1. The highest BCUT2D eigenvalue weighted by atomic mass is 19.1. The van der Waals surface area contributed by atoms with Crippen molar-refractivity contribution in [1.29, 1.82) is 0 Å². The van der Waals surface area contributed by atoms with Crippen LogP contribution in [0, 0.1) is 0 Å². The van der Waals surface area contributed by atoms with E-state index in [-0.39, 0.29) is 44.3 Å². The molecule has 37 heavy (non-hydrogen) atoms. The van der Waals surface area contributed by atoms with Gasteiger partial charge in [0.2, 0.25) is 0 Å². The van der Waals surface area contributed by atoms with Gasteiger partial charge in [-0.2, -0.15) is 0 Å². The lowest BCUT2D eigenvalue weighted by Crippen LogP contribution is -2.59. The predicted octanol–water partition coefficient (Wildman–Crippen LogP) is 0.0510. The Bertz CT molecular complexity index is 650. The largest absolute Gasteiger partial charge is 0.395 e. The van der Waals surface area contributed by atoms with Crippen LogP contribution in [0.25, 0.3) is 0 Å². The molecule has 5 saturated heterocycles. The Balaban J connectivity index is 0.000000181. The lowest BCUT2D eigenvalue weighted by Gasteiger charge is -2.45. The molecule has 5 fully saturated rings. The van der Waals surface area contributed by atoms with Crippen molar-refractivity contribution in [3.05, 3.63) is 0 Å². The first kappa shape index (κ1) is 32.3. The topological polar surface area (TPSA) is 113 Å². The van der Waals surface area contributed by atoms with Gasteiger partial charge >= 0.3 is 0 Å². The van der Waals surface area contributed by atoms with E-state index in [0.29, 0.717) is 52.5 Å². The van der Waals surface area contributed by atoms with E-state index < -0.39 is 30.1 Å². The van der Waals surface area contributed by atoms with Gasteiger partial charge in [-0.25, -0.2) is 13.2 Å². The number of likely N-dealkylation sites (tertiary alicyclic amines) is 2. The maximum absolute atomic E-state index is 12.6.